The van der Waals surface area contributed by atoms with E-state index in [0.29, 0.717) is 6.54 Å². The van der Waals surface area contributed by atoms with Crippen molar-refractivity contribution in [2.24, 2.45) is 5.41 Å². The Kier molecular flexibility index (Phi) is 3.97. The van der Waals surface area contributed by atoms with Crippen LogP contribution in [0.15, 0.2) is 23.8 Å². The molecule has 2 saturated heterocycles. The Labute approximate surface area is 170 Å². The van der Waals surface area contributed by atoms with E-state index in [4.69, 9.17) is 4.74 Å². The second-order valence-corrected chi connectivity index (χ2v) is 8.57. The van der Waals surface area contributed by atoms with Crippen LogP contribution < -0.4 is 15.5 Å². The minimum Gasteiger partial charge on any atom is -0.372 e. The van der Waals surface area contributed by atoms with E-state index in [9.17, 15) is 14.4 Å². The largest absolute Gasteiger partial charge is 0.372 e. The summed E-state index contributed by atoms with van der Waals surface area (Å²) < 4.78 is 5.98. The second kappa shape index (κ2) is 6.33. The first-order chi connectivity index (χ1) is 13.9. The highest BCUT2D eigenvalue weighted by atomic mass is 32.1. The number of aromatic nitrogens is 2. The highest BCUT2D eigenvalue weighted by Gasteiger charge is 2.63. The molecule has 0 aliphatic carbocycles. The Morgan fingerprint density at radius 1 is 1.21 bits per heavy atom. The van der Waals surface area contributed by atoms with Crippen molar-refractivity contribution in [3.05, 3.63) is 29.4 Å². The average Bonchev–Trinajstić information content (AvgIpc) is 3.20. The van der Waals surface area contributed by atoms with Crippen LogP contribution in [-0.2, 0) is 20.7 Å². The van der Waals surface area contributed by atoms with Crippen molar-refractivity contribution >= 4 is 35.0 Å². The van der Waals surface area contributed by atoms with Gasteiger partial charge in [-0.3, -0.25) is 20.2 Å². The first-order valence-corrected chi connectivity index (χ1v) is 10.3. The molecule has 29 heavy (non-hydrogen) atoms. The number of anilines is 1. The second-order valence-electron chi connectivity index (χ2n) is 7.68. The standard InChI is InChI=1S/C19H19N5O4S/c1-9-8-24-13(10(2)28-9)19(16(25)22-18(27)23-17(19)26)6-11-5-12(7-21-14(11)24)15-20-3-4-29-15/h3-5,7,9-10,13H,6,8H2,1-2H3,(H2,22,23,25,26,27)/t9-,10+,13-/m1/s1. The molecule has 9 nitrogen and oxygen atoms in total. The van der Waals surface area contributed by atoms with Gasteiger partial charge in [0.2, 0.25) is 11.8 Å². The van der Waals surface area contributed by atoms with Crippen molar-refractivity contribution in [3.8, 4) is 10.6 Å². The highest BCUT2D eigenvalue weighted by molar-refractivity contribution is 7.13. The van der Waals surface area contributed by atoms with E-state index in [0.717, 1.165) is 22.0 Å². The maximum atomic E-state index is 13.1. The van der Waals surface area contributed by atoms with Crippen LogP contribution in [0.4, 0.5) is 10.6 Å². The smallest absolute Gasteiger partial charge is 0.328 e. The molecule has 3 aliphatic heterocycles. The number of rotatable bonds is 1. The number of hydrogen-bond acceptors (Lipinski definition) is 8. The van der Waals surface area contributed by atoms with Gasteiger partial charge in [-0.2, -0.15) is 0 Å². The third kappa shape index (κ3) is 2.59. The van der Waals surface area contributed by atoms with E-state index < -0.39 is 35.4 Å². The number of hydrogen-bond donors (Lipinski definition) is 2. The van der Waals surface area contributed by atoms with Gasteiger partial charge < -0.3 is 9.64 Å². The van der Waals surface area contributed by atoms with Gasteiger partial charge in [0.05, 0.1) is 18.2 Å². The van der Waals surface area contributed by atoms with E-state index in [1.54, 1.807) is 12.4 Å². The molecule has 0 radical (unpaired) electrons. The molecule has 2 N–H and O–H groups in total. The van der Waals surface area contributed by atoms with Crippen molar-refractivity contribution < 1.29 is 19.1 Å². The van der Waals surface area contributed by atoms with Gasteiger partial charge in [-0.25, -0.2) is 14.8 Å². The van der Waals surface area contributed by atoms with Crippen molar-refractivity contribution in [1.29, 1.82) is 0 Å². The van der Waals surface area contributed by atoms with Gasteiger partial charge in [-0.15, -0.1) is 11.3 Å². The van der Waals surface area contributed by atoms with E-state index in [1.165, 1.54) is 11.3 Å². The van der Waals surface area contributed by atoms with E-state index in [2.05, 4.69) is 20.6 Å². The number of nitrogens with one attached hydrogen (secondary N) is 2. The molecule has 150 valence electrons. The zero-order valence-corrected chi connectivity index (χ0v) is 16.7. The van der Waals surface area contributed by atoms with Crippen LogP contribution in [0.5, 0.6) is 0 Å². The van der Waals surface area contributed by atoms with Gasteiger partial charge in [0.15, 0.2) is 5.41 Å². The summed E-state index contributed by atoms with van der Waals surface area (Å²) in [4.78, 5) is 48.9. The number of ether oxygens (including phenoxy) is 1. The summed E-state index contributed by atoms with van der Waals surface area (Å²) in [6.45, 7) is 4.28. The number of fused-ring (bicyclic) bond motifs is 4. The molecule has 2 aromatic heterocycles. The molecular weight excluding hydrogens is 394 g/mol. The Bertz CT molecular complexity index is 1000. The van der Waals surface area contributed by atoms with Gasteiger partial charge in [0.25, 0.3) is 0 Å². The van der Waals surface area contributed by atoms with Crippen LogP contribution in [0.1, 0.15) is 19.4 Å². The van der Waals surface area contributed by atoms with E-state index in [-0.39, 0.29) is 12.5 Å². The Morgan fingerprint density at radius 2 is 1.97 bits per heavy atom. The molecule has 4 amide bonds. The molecule has 0 saturated carbocycles. The van der Waals surface area contributed by atoms with Crippen molar-refractivity contribution in [3.63, 3.8) is 0 Å². The topological polar surface area (TPSA) is 114 Å². The molecule has 10 heteroatoms. The molecule has 3 atom stereocenters. The third-order valence-electron chi connectivity index (χ3n) is 5.81. The predicted molar refractivity (Wildman–Crippen MR) is 104 cm³/mol. The summed E-state index contributed by atoms with van der Waals surface area (Å²) in [5.74, 6) is -0.464. The number of thiazole rings is 1. The number of imide groups is 2. The lowest BCUT2D eigenvalue weighted by Gasteiger charge is -2.54. The number of urea groups is 1. The number of carbonyl (C=O) groups is 3. The van der Waals surface area contributed by atoms with Crippen molar-refractivity contribution in [2.75, 3.05) is 11.4 Å². The van der Waals surface area contributed by atoms with Crippen LogP contribution in [0.3, 0.4) is 0 Å². The number of nitrogens with zero attached hydrogens (tertiary/aromatic N) is 3. The molecule has 5 heterocycles. The molecule has 0 unspecified atom stereocenters. The predicted octanol–water partition coefficient (Wildman–Crippen LogP) is 1.10. The number of pyridine rings is 1. The van der Waals surface area contributed by atoms with Crippen molar-refractivity contribution in [2.45, 2.75) is 38.5 Å². The van der Waals surface area contributed by atoms with Crippen LogP contribution >= 0.6 is 11.3 Å². The zero-order chi connectivity index (χ0) is 20.3. The van der Waals surface area contributed by atoms with Gasteiger partial charge in [-0.1, -0.05) is 0 Å². The molecule has 2 fully saturated rings. The van der Waals surface area contributed by atoms with Gasteiger partial charge in [-0.05, 0) is 25.5 Å². The molecule has 0 aromatic carbocycles. The van der Waals surface area contributed by atoms with Gasteiger partial charge in [0.1, 0.15) is 10.8 Å². The van der Waals surface area contributed by atoms with E-state index in [1.807, 2.05) is 30.2 Å². The summed E-state index contributed by atoms with van der Waals surface area (Å²) in [7, 11) is 0. The maximum Gasteiger partial charge on any atom is 0.328 e. The monoisotopic (exact) mass is 413 g/mol. The van der Waals surface area contributed by atoms with Crippen molar-refractivity contribution in [1.82, 2.24) is 20.6 Å². The van der Waals surface area contributed by atoms with Gasteiger partial charge >= 0.3 is 6.03 Å². The molecule has 0 bridgehead atoms. The highest BCUT2D eigenvalue weighted by Crippen LogP contribution is 2.46. The molecular formula is C19H19N5O4S. The fraction of sp³-hybridized carbons (Fsp3) is 0.421. The number of carbonyl (C=O) groups excluding carboxylic acids is 3. The summed E-state index contributed by atoms with van der Waals surface area (Å²) >= 11 is 1.49. The van der Waals surface area contributed by atoms with Gasteiger partial charge in [0, 0.05) is 36.3 Å². The number of barbiturate groups is 1. The minimum absolute atomic E-state index is 0.0963. The average molecular weight is 413 g/mol. The lowest BCUT2D eigenvalue weighted by Crippen LogP contribution is -2.75. The minimum atomic E-state index is -1.48. The Balaban J connectivity index is 1.69. The fourth-order valence-electron chi connectivity index (χ4n) is 4.79. The summed E-state index contributed by atoms with van der Waals surface area (Å²) in [6, 6.07) is 0.564. The third-order valence-corrected chi connectivity index (χ3v) is 6.64. The molecule has 1 spiro atoms. The summed E-state index contributed by atoms with van der Waals surface area (Å²) in [6.07, 6.45) is 3.11. The van der Waals surface area contributed by atoms with Crippen LogP contribution in [0, 0.1) is 5.41 Å². The summed E-state index contributed by atoms with van der Waals surface area (Å²) in [5, 5.41) is 7.26. The normalized spacial score (nSPS) is 27.9. The SMILES string of the molecule is C[C@@H]1CN2c3ncc(-c4nccs4)cc3CC3(C(=O)NC(=O)NC3=O)[C@H]2[C@H](C)O1. The molecule has 3 aliphatic rings. The Morgan fingerprint density at radius 3 is 2.66 bits per heavy atom. The quantitative estimate of drug-likeness (QED) is 0.673. The maximum absolute atomic E-state index is 13.1. The van der Waals surface area contributed by atoms with Crippen LogP contribution in [-0.4, -0.2) is 52.6 Å². The van der Waals surface area contributed by atoms with E-state index >= 15 is 0 Å². The Hall–Kier alpha value is -2.85. The first kappa shape index (κ1) is 18.2. The summed E-state index contributed by atoms with van der Waals surface area (Å²) in [5.41, 5.74) is 0.119. The lowest BCUT2D eigenvalue weighted by atomic mass is 9.67. The zero-order valence-electron chi connectivity index (χ0n) is 15.8. The number of amides is 4. The first-order valence-electron chi connectivity index (χ1n) is 9.38. The van der Waals surface area contributed by atoms with Crippen LogP contribution in [0.2, 0.25) is 0 Å². The number of morpholine rings is 1. The lowest BCUT2D eigenvalue weighted by molar-refractivity contribution is -0.153. The van der Waals surface area contributed by atoms with Crippen LogP contribution in [0.25, 0.3) is 10.6 Å². The molecule has 2 aromatic rings. The fourth-order valence-corrected chi connectivity index (χ4v) is 5.41. The molecule has 5 rings (SSSR count).